The summed E-state index contributed by atoms with van der Waals surface area (Å²) < 4.78 is 6.70. The van der Waals surface area contributed by atoms with E-state index in [0.717, 1.165) is 37.5 Å². The number of aliphatic carboxylic acids is 1. The van der Waals surface area contributed by atoms with Crippen molar-refractivity contribution in [1.29, 1.82) is 0 Å². The highest BCUT2D eigenvalue weighted by Gasteiger charge is 2.66. The molecule has 0 aromatic heterocycles. The van der Waals surface area contributed by atoms with Crippen LogP contribution < -0.4 is 0 Å². The first-order chi connectivity index (χ1) is 11.6. The maximum absolute atomic E-state index is 10.9. The van der Waals surface area contributed by atoms with Crippen LogP contribution in [-0.2, 0) is 19.3 Å². The maximum atomic E-state index is 10.9. The molecule has 0 aromatic carbocycles. The number of hydrogen-bond donors (Lipinski definition) is 1. The number of fused-ring (bicyclic) bond motifs is 4. The standard InChI is InChI=1S/C19H28O5/c20-17(21)8-12-4-6-18(7-5-12)22-19(24-23-18)15-3-1-2-13-9-16(19)11-14(13)10-15/h12-16H,1-11H2,(H,20,21)/t12?,13-,14?,15-,16-,18?,19?/m0/s1. The average molecular weight is 336 g/mol. The maximum Gasteiger partial charge on any atom is 0.303 e. The zero-order chi connectivity index (χ0) is 16.4. The molecule has 1 N–H and O–H groups in total. The lowest BCUT2D eigenvalue weighted by molar-refractivity contribution is -0.376. The summed E-state index contributed by atoms with van der Waals surface area (Å²) >= 11 is 0. The SMILES string of the molecule is O=C(O)CC1CCC2(CC1)OOC1(O2)[C@@H]2CC3C[C@@H]1CCC[C@H]3C2. The summed E-state index contributed by atoms with van der Waals surface area (Å²) in [7, 11) is 0. The Morgan fingerprint density at radius 2 is 1.71 bits per heavy atom. The summed E-state index contributed by atoms with van der Waals surface area (Å²) in [5.74, 6) is 1.14. The molecule has 0 amide bonds. The van der Waals surface area contributed by atoms with Crippen molar-refractivity contribution in [2.75, 3.05) is 0 Å². The molecule has 0 aromatic rings. The first-order valence-corrected chi connectivity index (χ1v) is 9.87. The predicted octanol–water partition coefficient (Wildman–Crippen LogP) is 3.87. The Kier molecular flexibility index (Phi) is 3.52. The Morgan fingerprint density at radius 3 is 2.50 bits per heavy atom. The second-order valence-electron chi connectivity index (χ2n) is 8.99. The van der Waals surface area contributed by atoms with Crippen molar-refractivity contribution in [3.8, 4) is 0 Å². The first kappa shape index (κ1) is 15.6. The second-order valence-corrected chi connectivity index (χ2v) is 8.99. The zero-order valence-corrected chi connectivity index (χ0v) is 14.2. The summed E-state index contributed by atoms with van der Waals surface area (Å²) in [6, 6.07) is 0. The number of carboxylic acid groups (broad SMARTS) is 1. The largest absolute Gasteiger partial charge is 0.481 e. The van der Waals surface area contributed by atoms with E-state index in [9.17, 15) is 4.79 Å². The van der Waals surface area contributed by atoms with Gasteiger partial charge >= 0.3 is 5.97 Å². The topological polar surface area (TPSA) is 65.0 Å². The molecule has 5 aliphatic rings. The molecule has 5 atom stereocenters. The number of carbonyl (C=O) groups is 1. The molecule has 4 saturated carbocycles. The molecule has 5 fully saturated rings. The van der Waals surface area contributed by atoms with Crippen molar-refractivity contribution >= 4 is 5.97 Å². The van der Waals surface area contributed by atoms with Crippen molar-refractivity contribution in [3.05, 3.63) is 0 Å². The van der Waals surface area contributed by atoms with Crippen LogP contribution >= 0.6 is 0 Å². The minimum Gasteiger partial charge on any atom is -0.481 e. The van der Waals surface area contributed by atoms with Crippen LogP contribution in [0.25, 0.3) is 0 Å². The van der Waals surface area contributed by atoms with Crippen LogP contribution in [0.2, 0.25) is 0 Å². The van der Waals surface area contributed by atoms with Gasteiger partial charge in [-0.25, -0.2) is 0 Å². The molecular weight excluding hydrogens is 308 g/mol. The van der Waals surface area contributed by atoms with E-state index >= 15 is 0 Å². The molecule has 1 saturated heterocycles. The minimum atomic E-state index is -0.700. The van der Waals surface area contributed by atoms with Crippen LogP contribution in [0.4, 0.5) is 0 Å². The third kappa shape index (κ3) is 2.27. The summed E-state index contributed by atoms with van der Waals surface area (Å²) in [4.78, 5) is 22.9. The van der Waals surface area contributed by atoms with Gasteiger partial charge in [0.1, 0.15) is 0 Å². The quantitative estimate of drug-likeness (QED) is 0.776. The molecule has 0 radical (unpaired) electrons. The van der Waals surface area contributed by atoms with E-state index in [-0.39, 0.29) is 12.3 Å². The number of ether oxygens (including phenoxy) is 1. The first-order valence-electron chi connectivity index (χ1n) is 9.87. The Bertz CT molecular complexity index is 526. The van der Waals surface area contributed by atoms with Gasteiger partial charge in [-0.05, 0) is 56.3 Å². The van der Waals surface area contributed by atoms with E-state index < -0.39 is 17.5 Å². The van der Waals surface area contributed by atoms with Crippen molar-refractivity contribution in [3.63, 3.8) is 0 Å². The third-order valence-electron chi connectivity index (χ3n) is 7.69. The fraction of sp³-hybridized carbons (Fsp3) is 0.947. The molecule has 1 aliphatic heterocycles. The minimum absolute atomic E-state index is 0.248. The van der Waals surface area contributed by atoms with Gasteiger partial charge in [0.25, 0.3) is 0 Å². The normalized spacial score (nSPS) is 52.9. The van der Waals surface area contributed by atoms with Crippen molar-refractivity contribution in [2.24, 2.45) is 29.6 Å². The van der Waals surface area contributed by atoms with Crippen LogP contribution in [0.5, 0.6) is 0 Å². The van der Waals surface area contributed by atoms with E-state index in [1.54, 1.807) is 0 Å². The van der Waals surface area contributed by atoms with Gasteiger partial charge in [0.2, 0.25) is 11.6 Å². The van der Waals surface area contributed by atoms with Crippen LogP contribution in [0.3, 0.4) is 0 Å². The fourth-order valence-electron chi connectivity index (χ4n) is 6.51. The van der Waals surface area contributed by atoms with Gasteiger partial charge in [0.15, 0.2) is 0 Å². The molecule has 134 valence electrons. The van der Waals surface area contributed by atoms with Gasteiger partial charge in [0, 0.05) is 31.1 Å². The molecule has 2 unspecified atom stereocenters. The lowest BCUT2D eigenvalue weighted by Crippen LogP contribution is -2.50. The highest BCUT2D eigenvalue weighted by atomic mass is 17.3. The van der Waals surface area contributed by atoms with Gasteiger partial charge in [0.05, 0.1) is 0 Å². The molecule has 5 heteroatoms. The molecule has 1 heterocycles. The predicted molar refractivity (Wildman–Crippen MR) is 84.6 cm³/mol. The molecule has 24 heavy (non-hydrogen) atoms. The van der Waals surface area contributed by atoms with E-state index in [0.29, 0.717) is 11.8 Å². The Morgan fingerprint density at radius 1 is 0.958 bits per heavy atom. The van der Waals surface area contributed by atoms with Gasteiger partial charge in [-0.1, -0.05) is 12.8 Å². The average Bonchev–Trinajstić information content (AvgIpc) is 3.04. The van der Waals surface area contributed by atoms with Gasteiger partial charge in [-0.2, -0.15) is 9.78 Å². The van der Waals surface area contributed by atoms with Crippen LogP contribution in [0.15, 0.2) is 0 Å². The van der Waals surface area contributed by atoms with Gasteiger partial charge in [-0.15, -0.1) is 0 Å². The Hall–Kier alpha value is -0.650. The van der Waals surface area contributed by atoms with E-state index in [1.807, 2.05) is 0 Å². The molecular formula is C19H28O5. The highest BCUT2D eigenvalue weighted by molar-refractivity contribution is 5.67. The summed E-state index contributed by atoms with van der Waals surface area (Å²) in [6.45, 7) is 0. The highest BCUT2D eigenvalue weighted by Crippen LogP contribution is 2.63. The lowest BCUT2D eigenvalue weighted by Gasteiger charge is -2.43. The number of rotatable bonds is 2. The number of hydrogen-bond acceptors (Lipinski definition) is 4. The summed E-state index contributed by atoms with van der Waals surface area (Å²) in [6.07, 6.45) is 11.1. The molecule has 5 nitrogen and oxygen atoms in total. The zero-order valence-electron chi connectivity index (χ0n) is 14.2. The number of carboxylic acids is 1. The third-order valence-corrected chi connectivity index (χ3v) is 7.69. The van der Waals surface area contributed by atoms with E-state index in [4.69, 9.17) is 19.6 Å². The van der Waals surface area contributed by atoms with E-state index in [1.165, 1.54) is 38.5 Å². The smallest absolute Gasteiger partial charge is 0.303 e. The molecule has 3 bridgehead atoms. The van der Waals surface area contributed by atoms with Crippen molar-refractivity contribution in [1.82, 2.24) is 0 Å². The molecule has 2 spiro atoms. The van der Waals surface area contributed by atoms with Crippen molar-refractivity contribution in [2.45, 2.75) is 82.2 Å². The van der Waals surface area contributed by atoms with Crippen LogP contribution in [0.1, 0.15) is 70.6 Å². The fourth-order valence-corrected chi connectivity index (χ4v) is 6.51. The summed E-state index contributed by atoms with van der Waals surface area (Å²) in [5.41, 5.74) is 0. The Labute approximate surface area is 143 Å². The van der Waals surface area contributed by atoms with Crippen LogP contribution in [-0.4, -0.2) is 22.7 Å². The molecule has 4 aliphatic carbocycles. The Balaban J connectivity index is 1.33. The lowest BCUT2D eigenvalue weighted by atomic mass is 9.74. The van der Waals surface area contributed by atoms with E-state index in [2.05, 4.69) is 0 Å². The monoisotopic (exact) mass is 336 g/mol. The van der Waals surface area contributed by atoms with Crippen LogP contribution in [0, 0.1) is 29.6 Å². The second kappa shape index (κ2) is 5.42. The summed E-state index contributed by atoms with van der Waals surface area (Å²) in [5, 5.41) is 9.00. The van der Waals surface area contributed by atoms with Gasteiger partial charge in [-0.3, -0.25) is 4.79 Å². The molecule has 5 rings (SSSR count). The van der Waals surface area contributed by atoms with Gasteiger partial charge < -0.3 is 9.84 Å². The van der Waals surface area contributed by atoms with Crippen molar-refractivity contribution < 1.29 is 24.4 Å².